The van der Waals surface area contributed by atoms with E-state index < -0.39 is 11.7 Å². The summed E-state index contributed by atoms with van der Waals surface area (Å²) in [6.45, 7) is 2.40. The van der Waals surface area contributed by atoms with E-state index in [-0.39, 0.29) is 12.5 Å². The zero-order valence-electron chi connectivity index (χ0n) is 21.5. The maximum Gasteiger partial charge on any atom is 0.416 e. The van der Waals surface area contributed by atoms with Gasteiger partial charge in [0.05, 0.1) is 11.1 Å². The highest BCUT2D eigenvalue weighted by molar-refractivity contribution is 5.97. The first-order chi connectivity index (χ1) is 17.9. The zero-order valence-corrected chi connectivity index (χ0v) is 21.5. The van der Waals surface area contributed by atoms with E-state index in [1.165, 1.54) is 63.5 Å². The number of hydrogen-bond donors (Lipinski definition) is 2. The molecular formula is C30H39F3N2O2. The van der Waals surface area contributed by atoms with Crippen molar-refractivity contribution in [3.05, 3.63) is 64.7 Å². The van der Waals surface area contributed by atoms with Crippen LogP contribution < -0.4 is 15.4 Å². The number of nitrogens with one attached hydrogen (secondary N) is 2. The Kier molecular flexibility index (Phi) is 9.89. The van der Waals surface area contributed by atoms with E-state index in [4.69, 9.17) is 4.74 Å². The van der Waals surface area contributed by atoms with Crippen LogP contribution in [0.3, 0.4) is 0 Å². The number of carbonyl (C=O) groups excluding carboxylic acids is 1. The van der Waals surface area contributed by atoms with Gasteiger partial charge in [-0.2, -0.15) is 13.2 Å². The van der Waals surface area contributed by atoms with Gasteiger partial charge in [0.1, 0.15) is 12.4 Å². The van der Waals surface area contributed by atoms with Crippen LogP contribution in [0.1, 0.15) is 91.3 Å². The van der Waals surface area contributed by atoms with Gasteiger partial charge in [-0.15, -0.1) is 0 Å². The SMILES string of the molecule is O=C(NCC1CCCCC1)c1cc(CNCC2CCCCC2)ccc1OCc1ccc(C(F)(F)F)cc1. The largest absolute Gasteiger partial charge is 0.488 e. The number of alkyl halides is 3. The number of ether oxygens (including phenoxy) is 1. The molecule has 0 saturated heterocycles. The first kappa shape index (κ1) is 27.5. The highest BCUT2D eigenvalue weighted by atomic mass is 19.4. The molecule has 1 amide bonds. The molecule has 0 unspecified atom stereocenters. The lowest BCUT2D eigenvalue weighted by atomic mass is 9.89. The van der Waals surface area contributed by atoms with Crippen molar-refractivity contribution in [1.29, 1.82) is 0 Å². The van der Waals surface area contributed by atoms with Gasteiger partial charge in [-0.1, -0.05) is 56.7 Å². The summed E-state index contributed by atoms with van der Waals surface area (Å²) >= 11 is 0. The number of hydrogen-bond acceptors (Lipinski definition) is 3. The van der Waals surface area contributed by atoms with Crippen molar-refractivity contribution in [3.63, 3.8) is 0 Å². The van der Waals surface area contributed by atoms with Crippen molar-refractivity contribution >= 4 is 5.91 Å². The van der Waals surface area contributed by atoms with Crippen molar-refractivity contribution in [2.24, 2.45) is 11.8 Å². The molecule has 0 spiro atoms. The van der Waals surface area contributed by atoms with E-state index in [2.05, 4.69) is 10.6 Å². The summed E-state index contributed by atoms with van der Waals surface area (Å²) in [5.74, 6) is 1.51. The predicted molar refractivity (Wildman–Crippen MR) is 139 cm³/mol. The van der Waals surface area contributed by atoms with Crippen LogP contribution in [0.15, 0.2) is 42.5 Å². The van der Waals surface area contributed by atoms with E-state index in [1.54, 1.807) is 6.07 Å². The van der Waals surface area contributed by atoms with Crippen LogP contribution in [-0.4, -0.2) is 19.0 Å². The van der Waals surface area contributed by atoms with Gasteiger partial charge in [-0.05, 0) is 79.5 Å². The molecule has 2 aromatic rings. The Morgan fingerprint density at radius 2 is 1.41 bits per heavy atom. The van der Waals surface area contributed by atoms with Crippen molar-refractivity contribution in [2.75, 3.05) is 13.1 Å². The van der Waals surface area contributed by atoms with Gasteiger partial charge in [0.15, 0.2) is 0 Å². The number of rotatable bonds is 10. The van der Waals surface area contributed by atoms with Gasteiger partial charge in [0.25, 0.3) is 5.91 Å². The number of benzene rings is 2. The Morgan fingerprint density at radius 1 is 0.811 bits per heavy atom. The van der Waals surface area contributed by atoms with Gasteiger partial charge in [-0.3, -0.25) is 4.79 Å². The Hall–Kier alpha value is -2.54. The summed E-state index contributed by atoms with van der Waals surface area (Å²) < 4.78 is 44.6. The number of carbonyl (C=O) groups is 1. The highest BCUT2D eigenvalue weighted by Crippen LogP contribution is 2.30. The summed E-state index contributed by atoms with van der Waals surface area (Å²) in [4.78, 5) is 13.2. The normalized spacial score (nSPS) is 17.5. The molecule has 2 aliphatic carbocycles. The maximum atomic E-state index is 13.2. The molecule has 2 fully saturated rings. The Balaban J connectivity index is 1.41. The van der Waals surface area contributed by atoms with Crippen molar-refractivity contribution < 1.29 is 22.7 Å². The summed E-state index contributed by atoms with van der Waals surface area (Å²) in [6, 6.07) is 10.6. The lowest BCUT2D eigenvalue weighted by Crippen LogP contribution is -2.30. The zero-order chi connectivity index (χ0) is 26.1. The molecule has 2 aliphatic rings. The van der Waals surface area contributed by atoms with E-state index in [9.17, 15) is 18.0 Å². The molecule has 37 heavy (non-hydrogen) atoms. The third kappa shape index (κ3) is 8.49. The second-order valence-electron chi connectivity index (χ2n) is 10.7. The summed E-state index contributed by atoms with van der Waals surface area (Å²) in [5.41, 5.74) is 1.41. The van der Waals surface area contributed by atoms with Crippen LogP contribution >= 0.6 is 0 Å². The van der Waals surface area contributed by atoms with Gasteiger partial charge in [-0.25, -0.2) is 0 Å². The smallest absolute Gasteiger partial charge is 0.416 e. The Morgan fingerprint density at radius 3 is 2.03 bits per heavy atom. The standard InChI is InChI=1S/C30H39F3N2O2/c31-30(32,33)26-14-11-24(12-15-26)21-37-28-16-13-25(19-34-18-22-7-3-1-4-8-22)17-27(28)29(36)35-20-23-9-5-2-6-10-23/h11-17,22-23,34H,1-10,18-21H2,(H,35,36). The predicted octanol–water partition coefficient (Wildman–Crippen LogP) is 7.26. The molecule has 0 aromatic heterocycles. The fraction of sp³-hybridized carbons (Fsp3) is 0.567. The van der Waals surface area contributed by atoms with Crippen molar-refractivity contribution in [1.82, 2.24) is 10.6 Å². The average Bonchev–Trinajstić information content (AvgIpc) is 2.92. The van der Waals surface area contributed by atoms with Crippen LogP contribution in [0.25, 0.3) is 0 Å². The number of amides is 1. The van der Waals surface area contributed by atoms with Gasteiger partial charge in [0.2, 0.25) is 0 Å². The van der Waals surface area contributed by atoms with E-state index in [1.807, 2.05) is 12.1 Å². The third-order valence-corrected chi connectivity index (χ3v) is 7.73. The molecule has 2 saturated carbocycles. The molecule has 7 heteroatoms. The fourth-order valence-electron chi connectivity index (χ4n) is 5.48. The molecule has 2 aromatic carbocycles. The topological polar surface area (TPSA) is 50.4 Å². The minimum absolute atomic E-state index is 0.0836. The highest BCUT2D eigenvalue weighted by Gasteiger charge is 2.30. The summed E-state index contributed by atoms with van der Waals surface area (Å²) in [7, 11) is 0. The van der Waals surface area contributed by atoms with E-state index in [0.717, 1.165) is 43.0 Å². The van der Waals surface area contributed by atoms with Crippen LogP contribution in [0, 0.1) is 11.8 Å². The first-order valence-electron chi connectivity index (χ1n) is 13.8. The van der Waals surface area contributed by atoms with Crippen molar-refractivity contribution in [3.8, 4) is 5.75 Å². The molecule has 0 heterocycles. The van der Waals surface area contributed by atoms with Crippen LogP contribution in [0.2, 0.25) is 0 Å². The quantitative estimate of drug-likeness (QED) is 0.349. The minimum atomic E-state index is -4.37. The maximum absolute atomic E-state index is 13.2. The fourth-order valence-corrected chi connectivity index (χ4v) is 5.48. The first-order valence-corrected chi connectivity index (χ1v) is 13.8. The molecule has 4 nitrogen and oxygen atoms in total. The number of halogens is 3. The molecule has 2 N–H and O–H groups in total. The third-order valence-electron chi connectivity index (χ3n) is 7.73. The van der Waals surface area contributed by atoms with Gasteiger partial charge >= 0.3 is 6.18 Å². The van der Waals surface area contributed by atoms with Crippen LogP contribution in [0.4, 0.5) is 13.2 Å². The van der Waals surface area contributed by atoms with E-state index >= 15 is 0 Å². The van der Waals surface area contributed by atoms with Crippen LogP contribution in [0.5, 0.6) is 5.75 Å². The molecular weight excluding hydrogens is 477 g/mol. The summed E-state index contributed by atoms with van der Waals surface area (Å²) in [5, 5.41) is 6.65. The van der Waals surface area contributed by atoms with E-state index in [0.29, 0.717) is 35.9 Å². The molecule has 0 aliphatic heterocycles. The van der Waals surface area contributed by atoms with Crippen molar-refractivity contribution in [2.45, 2.75) is 83.5 Å². The molecule has 0 bridgehead atoms. The second-order valence-corrected chi connectivity index (χ2v) is 10.7. The Bertz CT molecular complexity index is 995. The summed E-state index contributed by atoms with van der Waals surface area (Å²) in [6.07, 6.45) is 8.11. The molecule has 0 atom stereocenters. The minimum Gasteiger partial charge on any atom is -0.488 e. The lowest BCUT2D eigenvalue weighted by Gasteiger charge is -2.22. The lowest BCUT2D eigenvalue weighted by molar-refractivity contribution is -0.137. The molecule has 0 radical (unpaired) electrons. The molecule has 202 valence electrons. The van der Waals surface area contributed by atoms with Gasteiger partial charge < -0.3 is 15.4 Å². The Labute approximate surface area is 218 Å². The van der Waals surface area contributed by atoms with Gasteiger partial charge in [0, 0.05) is 13.1 Å². The monoisotopic (exact) mass is 516 g/mol. The second kappa shape index (κ2) is 13.3. The molecule has 4 rings (SSSR count). The average molecular weight is 517 g/mol. The van der Waals surface area contributed by atoms with Crippen LogP contribution in [-0.2, 0) is 19.3 Å².